The quantitative estimate of drug-likeness (QED) is 0.542. The molecule has 0 aliphatic carbocycles. The molecule has 28 heavy (non-hydrogen) atoms. The van der Waals surface area contributed by atoms with E-state index in [2.05, 4.69) is 25.9 Å². The van der Waals surface area contributed by atoms with Crippen molar-refractivity contribution in [3.8, 4) is 6.07 Å². The van der Waals surface area contributed by atoms with Crippen LogP contribution >= 0.6 is 11.6 Å². The maximum Gasteiger partial charge on any atom is 0.290 e. The van der Waals surface area contributed by atoms with Gasteiger partial charge in [0.25, 0.3) is 5.92 Å². The predicted molar refractivity (Wildman–Crippen MR) is 97.3 cm³/mol. The summed E-state index contributed by atoms with van der Waals surface area (Å²) in [5.74, 6) is -3.11. The Balaban J connectivity index is 1.91. The summed E-state index contributed by atoms with van der Waals surface area (Å²) in [4.78, 5) is 8.19. The molecule has 3 rings (SSSR count). The van der Waals surface area contributed by atoms with Crippen LogP contribution in [0.1, 0.15) is 18.4 Å². The number of aromatic nitrogens is 2. The number of rotatable bonds is 2. The van der Waals surface area contributed by atoms with E-state index in [-0.39, 0.29) is 47.9 Å². The Morgan fingerprint density at radius 1 is 1.46 bits per heavy atom. The summed E-state index contributed by atoms with van der Waals surface area (Å²) in [6.45, 7) is 0.0961. The van der Waals surface area contributed by atoms with Gasteiger partial charge in [-0.3, -0.25) is 5.41 Å². The number of anilines is 2. The van der Waals surface area contributed by atoms with Gasteiger partial charge in [0.1, 0.15) is 34.9 Å². The smallest absolute Gasteiger partial charge is 0.290 e. The average Bonchev–Trinajstić information content (AvgIpc) is 2.69. The van der Waals surface area contributed by atoms with Gasteiger partial charge in [0.15, 0.2) is 0 Å². The molecule has 2 bridgehead atoms. The molecule has 3 heterocycles. The van der Waals surface area contributed by atoms with E-state index in [1.54, 1.807) is 0 Å². The number of hydrogen-bond donors (Lipinski definition) is 4. The summed E-state index contributed by atoms with van der Waals surface area (Å²) in [6.07, 6.45) is 1.88. The van der Waals surface area contributed by atoms with Crippen LogP contribution in [-0.4, -0.2) is 54.2 Å². The van der Waals surface area contributed by atoms with E-state index in [0.29, 0.717) is 18.8 Å². The number of nitrogens with zero attached hydrogens (tertiary/aromatic N) is 3. The van der Waals surface area contributed by atoms with Gasteiger partial charge >= 0.3 is 0 Å². The van der Waals surface area contributed by atoms with Gasteiger partial charge in [-0.1, -0.05) is 11.6 Å². The predicted octanol–water partition coefficient (Wildman–Crippen LogP) is 1.99. The Morgan fingerprint density at radius 3 is 3.04 bits per heavy atom. The van der Waals surface area contributed by atoms with Crippen LogP contribution < -0.4 is 16.0 Å². The molecule has 0 spiro atoms. The van der Waals surface area contributed by atoms with Crippen LogP contribution in [0.25, 0.3) is 0 Å². The molecule has 0 saturated carbocycles. The van der Waals surface area contributed by atoms with Crippen molar-refractivity contribution in [1.29, 1.82) is 10.7 Å². The lowest BCUT2D eigenvalue weighted by Gasteiger charge is -2.32. The minimum Gasteiger partial charge on any atom is -0.476 e. The first-order valence-corrected chi connectivity index (χ1v) is 8.90. The minimum absolute atomic E-state index is 0.0328. The third-order valence-electron chi connectivity index (χ3n) is 4.11. The van der Waals surface area contributed by atoms with Crippen LogP contribution in [-0.2, 0) is 9.47 Å². The highest BCUT2D eigenvalue weighted by atomic mass is 35.5. The number of halogens is 3. The second-order valence-electron chi connectivity index (χ2n) is 6.14. The summed E-state index contributed by atoms with van der Waals surface area (Å²) >= 11 is 6.23. The molecule has 1 fully saturated rings. The van der Waals surface area contributed by atoms with Gasteiger partial charge in [0, 0.05) is 13.2 Å². The highest BCUT2D eigenvalue weighted by Crippen LogP contribution is 2.27. The molecule has 1 atom stereocenters. The molecule has 0 radical (unpaired) electrons. The first-order chi connectivity index (χ1) is 13.4. The van der Waals surface area contributed by atoms with Crippen LogP contribution in [0.5, 0.6) is 0 Å². The van der Waals surface area contributed by atoms with Crippen molar-refractivity contribution in [2.75, 3.05) is 37.0 Å². The summed E-state index contributed by atoms with van der Waals surface area (Å²) in [5, 5.41) is 25.3. The second kappa shape index (κ2) is 8.53. The molecule has 2 aliphatic rings. The first kappa shape index (κ1) is 20.0. The zero-order valence-electron chi connectivity index (χ0n) is 14.7. The number of hydrogen-bond acceptors (Lipinski definition) is 9. The van der Waals surface area contributed by atoms with E-state index >= 15 is 0 Å². The first-order valence-electron chi connectivity index (χ1n) is 8.52. The Hall–Kier alpha value is -2.71. The number of nitrogens with one attached hydrogen (secondary N) is 4. The molecular weight excluding hydrogens is 396 g/mol. The van der Waals surface area contributed by atoms with E-state index in [4.69, 9.17) is 31.7 Å². The molecule has 1 aromatic heterocycles. The van der Waals surface area contributed by atoms with Gasteiger partial charge in [-0.15, -0.1) is 0 Å². The lowest BCUT2D eigenvalue weighted by atomic mass is 10.1. The summed E-state index contributed by atoms with van der Waals surface area (Å²) in [7, 11) is 0. The van der Waals surface area contributed by atoms with Crippen molar-refractivity contribution in [2.24, 2.45) is 0 Å². The normalized spacial score (nSPS) is 23.8. The summed E-state index contributed by atoms with van der Waals surface area (Å²) in [6, 6.07) is 0.723. The van der Waals surface area contributed by atoms with Crippen molar-refractivity contribution in [1.82, 2.24) is 15.3 Å². The molecule has 12 heteroatoms. The molecular formula is C16H18ClF2N7O2. The van der Waals surface area contributed by atoms with Crippen LogP contribution in [0, 0.1) is 16.7 Å². The van der Waals surface area contributed by atoms with Crippen LogP contribution in [0.15, 0.2) is 17.1 Å². The van der Waals surface area contributed by atoms with E-state index in [9.17, 15) is 8.78 Å². The number of ether oxygens (including phenoxy) is 2. The lowest BCUT2D eigenvalue weighted by molar-refractivity contribution is -0.133. The standard InChI is InChI=1S/C16H18ClF2N7O2/c17-12(24-10-2-5-27-8-16(10,18)19)11-13(21)28-4-1-3-22-14-9(6-20)7-23-15(25-11)26-14/h7,10,21,24H,1-5,8H2,(H2,22,23,25,26)/b12-11+,21-13?. The Morgan fingerprint density at radius 2 is 2.29 bits per heavy atom. The zero-order chi connectivity index (χ0) is 20.1. The molecule has 9 nitrogen and oxygen atoms in total. The van der Waals surface area contributed by atoms with Crippen molar-refractivity contribution in [3.63, 3.8) is 0 Å². The molecule has 1 aromatic rings. The maximum absolute atomic E-state index is 14.0. The largest absolute Gasteiger partial charge is 0.476 e. The fraction of sp³-hybridized carbons (Fsp3) is 0.500. The van der Waals surface area contributed by atoms with Gasteiger partial charge in [-0.2, -0.15) is 10.2 Å². The van der Waals surface area contributed by atoms with Crippen molar-refractivity contribution in [3.05, 3.63) is 22.6 Å². The highest BCUT2D eigenvalue weighted by Gasteiger charge is 2.43. The maximum atomic E-state index is 14.0. The fourth-order valence-corrected chi connectivity index (χ4v) is 2.90. The third kappa shape index (κ3) is 4.58. The second-order valence-corrected chi connectivity index (χ2v) is 6.52. The topological polar surface area (TPSA) is 128 Å². The summed E-state index contributed by atoms with van der Waals surface area (Å²) in [5.41, 5.74) is 0.166. The van der Waals surface area contributed by atoms with Crippen LogP contribution in [0.3, 0.4) is 0 Å². The zero-order valence-corrected chi connectivity index (χ0v) is 15.4. The monoisotopic (exact) mass is 413 g/mol. The highest BCUT2D eigenvalue weighted by molar-refractivity contribution is 6.31. The number of nitriles is 1. The number of alkyl halides is 2. The van der Waals surface area contributed by atoms with Crippen LogP contribution in [0.4, 0.5) is 20.5 Å². The minimum atomic E-state index is -3.11. The molecule has 4 N–H and O–H groups in total. The van der Waals surface area contributed by atoms with Crippen molar-refractivity contribution >= 4 is 29.3 Å². The lowest BCUT2D eigenvalue weighted by Crippen LogP contribution is -2.51. The Bertz CT molecular complexity index is 828. The van der Waals surface area contributed by atoms with E-state index in [0.717, 1.165) is 0 Å². The van der Waals surface area contributed by atoms with E-state index in [1.165, 1.54) is 6.20 Å². The van der Waals surface area contributed by atoms with Gasteiger partial charge in [0.05, 0.1) is 18.8 Å². The molecule has 150 valence electrons. The Labute approximate surface area is 164 Å². The van der Waals surface area contributed by atoms with Gasteiger partial charge in [-0.25, -0.2) is 13.8 Å². The van der Waals surface area contributed by atoms with Gasteiger partial charge < -0.3 is 25.4 Å². The van der Waals surface area contributed by atoms with Crippen molar-refractivity contribution < 1.29 is 18.3 Å². The van der Waals surface area contributed by atoms with E-state index in [1.807, 2.05) is 6.07 Å². The SMILES string of the molecule is N#Cc1cnc2nc1NCCCOC(=N)/C(=C(/Cl)NC1CCOCC1(F)F)N2. The molecule has 0 amide bonds. The third-order valence-corrected chi connectivity index (χ3v) is 4.41. The average molecular weight is 414 g/mol. The molecule has 1 saturated heterocycles. The summed E-state index contributed by atoms with van der Waals surface area (Å²) < 4.78 is 38.2. The molecule has 2 aliphatic heterocycles. The van der Waals surface area contributed by atoms with Crippen LogP contribution in [0.2, 0.25) is 0 Å². The van der Waals surface area contributed by atoms with Gasteiger partial charge in [-0.05, 0) is 12.8 Å². The molecule has 0 aromatic carbocycles. The Kier molecular flexibility index (Phi) is 6.11. The number of fused-ring (bicyclic) bond motifs is 2. The van der Waals surface area contributed by atoms with E-state index < -0.39 is 18.6 Å². The fourth-order valence-electron chi connectivity index (χ4n) is 2.63. The van der Waals surface area contributed by atoms with Crippen molar-refractivity contribution in [2.45, 2.75) is 24.8 Å². The molecule has 1 unspecified atom stereocenters. The van der Waals surface area contributed by atoms with Gasteiger partial charge in [0.2, 0.25) is 11.8 Å².